The van der Waals surface area contributed by atoms with Crippen LogP contribution >= 0.6 is 22.7 Å². The molecule has 0 unspecified atom stereocenters. The SMILES string of the molecule is CC(=O)/C=C/B1OC(C)(C)C(C)(C)O1.CC(=O)/C=C/c1sc2c(c1C(=O)OC(C)(C)C)CC(C)(C)CC2.CC1(C)CCc2sc(/C=C/C(=O)O)c(C(=O)OC(C)(C)C)c2C1. The number of carbonyl (C=O) groups excluding carboxylic acids is 4. The van der Waals surface area contributed by atoms with Crippen LogP contribution in [0.3, 0.4) is 0 Å². The number of carboxylic acid groups (broad SMARTS) is 1. The number of hydrogen-bond acceptors (Lipinski definition) is 11. The van der Waals surface area contributed by atoms with Gasteiger partial charge in [0, 0.05) is 25.6 Å². The molecular formula is C47H67BO10S2. The van der Waals surface area contributed by atoms with Crippen LogP contribution in [0.5, 0.6) is 0 Å². The van der Waals surface area contributed by atoms with Crippen LogP contribution in [0.15, 0.2) is 24.2 Å². The van der Waals surface area contributed by atoms with Gasteiger partial charge in [-0.15, -0.1) is 22.7 Å². The topological polar surface area (TPSA) is 142 Å². The first kappa shape index (κ1) is 50.7. The number of esters is 2. The van der Waals surface area contributed by atoms with E-state index in [1.165, 1.54) is 53.2 Å². The number of aliphatic carboxylic acids is 1. The fourth-order valence-corrected chi connectivity index (χ4v) is 9.17. The molecule has 330 valence electrons. The van der Waals surface area contributed by atoms with Crippen LogP contribution in [-0.2, 0) is 58.8 Å². The lowest BCUT2D eigenvalue weighted by molar-refractivity contribution is -0.131. The van der Waals surface area contributed by atoms with Crippen LogP contribution in [0.4, 0.5) is 0 Å². The molecule has 1 N–H and O–H groups in total. The van der Waals surface area contributed by atoms with Gasteiger partial charge in [-0.2, -0.15) is 0 Å². The number of fused-ring (bicyclic) bond motifs is 2. The van der Waals surface area contributed by atoms with E-state index in [4.69, 9.17) is 23.9 Å². The number of ketones is 2. The molecule has 2 aromatic heterocycles. The molecule has 0 radical (unpaired) electrons. The number of carboxylic acids is 1. The lowest BCUT2D eigenvalue weighted by Crippen LogP contribution is -2.41. The maximum absolute atomic E-state index is 12.7. The van der Waals surface area contributed by atoms with E-state index in [0.717, 1.165) is 60.6 Å². The Labute approximate surface area is 366 Å². The molecule has 2 aliphatic carbocycles. The molecule has 3 heterocycles. The highest BCUT2D eigenvalue weighted by Crippen LogP contribution is 2.44. The lowest BCUT2D eigenvalue weighted by atomic mass is 9.76. The molecule has 0 atom stereocenters. The zero-order chi connectivity index (χ0) is 45.8. The van der Waals surface area contributed by atoms with Crippen molar-refractivity contribution in [1.82, 2.24) is 0 Å². The molecule has 2 aromatic rings. The van der Waals surface area contributed by atoms with Gasteiger partial charge >= 0.3 is 25.0 Å². The summed E-state index contributed by atoms with van der Waals surface area (Å²) in [6, 6.07) is 0. The second-order valence-corrected chi connectivity index (χ2v) is 22.7. The Bertz CT molecular complexity index is 1890. The molecular weight excluding hydrogens is 799 g/mol. The van der Waals surface area contributed by atoms with Gasteiger partial charge in [0.1, 0.15) is 11.2 Å². The molecule has 5 rings (SSSR count). The van der Waals surface area contributed by atoms with Crippen LogP contribution in [0, 0.1) is 10.8 Å². The third-order valence-corrected chi connectivity index (χ3v) is 12.9. The Balaban J connectivity index is 0.000000248. The van der Waals surface area contributed by atoms with Gasteiger partial charge in [-0.1, -0.05) is 33.7 Å². The highest BCUT2D eigenvalue weighted by molar-refractivity contribution is 7.13. The Morgan fingerprint density at radius 3 is 1.33 bits per heavy atom. The fraction of sp³-hybridized carbons (Fsp3) is 0.596. The predicted molar refractivity (Wildman–Crippen MR) is 243 cm³/mol. The summed E-state index contributed by atoms with van der Waals surface area (Å²) >= 11 is 3.13. The maximum Gasteiger partial charge on any atom is 0.487 e. The molecule has 0 saturated carbocycles. The molecule has 10 nitrogen and oxygen atoms in total. The van der Waals surface area contributed by atoms with E-state index >= 15 is 0 Å². The van der Waals surface area contributed by atoms with Gasteiger partial charge in [0.05, 0.1) is 22.3 Å². The van der Waals surface area contributed by atoms with Gasteiger partial charge in [0.25, 0.3) is 0 Å². The van der Waals surface area contributed by atoms with Crippen molar-refractivity contribution in [2.75, 3.05) is 0 Å². The van der Waals surface area contributed by atoms with E-state index < -0.39 is 24.3 Å². The predicted octanol–water partition coefficient (Wildman–Crippen LogP) is 10.9. The summed E-state index contributed by atoms with van der Waals surface area (Å²) in [6.45, 7) is 30.9. The summed E-state index contributed by atoms with van der Waals surface area (Å²) in [7, 11) is -0.413. The van der Waals surface area contributed by atoms with E-state index in [2.05, 4.69) is 27.7 Å². The monoisotopic (exact) mass is 866 g/mol. The summed E-state index contributed by atoms with van der Waals surface area (Å²) in [6.07, 6.45) is 13.1. The molecule has 60 heavy (non-hydrogen) atoms. The van der Waals surface area contributed by atoms with E-state index in [1.54, 1.807) is 23.4 Å². The second kappa shape index (κ2) is 19.2. The van der Waals surface area contributed by atoms with Gasteiger partial charge in [-0.05, 0) is 168 Å². The van der Waals surface area contributed by atoms with Gasteiger partial charge < -0.3 is 23.9 Å². The Morgan fingerprint density at radius 1 is 0.633 bits per heavy atom. The third kappa shape index (κ3) is 14.8. The second-order valence-electron chi connectivity index (χ2n) is 20.4. The molecule has 1 fully saturated rings. The van der Waals surface area contributed by atoms with Crippen molar-refractivity contribution in [1.29, 1.82) is 0 Å². The Kier molecular flexibility index (Phi) is 16.2. The lowest BCUT2D eigenvalue weighted by Gasteiger charge is -2.32. The largest absolute Gasteiger partial charge is 0.487 e. The zero-order valence-corrected chi connectivity index (χ0v) is 40.4. The summed E-state index contributed by atoms with van der Waals surface area (Å²) in [4.78, 5) is 62.2. The standard InChI is InChI=1S/C19H26O3S.C18H24O4S.C10H17BO3/c1-12(20)7-8-15-16(17(21)22-18(2,3)4)13-11-19(5,6)10-9-14(13)23-15;1-17(2,3)22-16(21)15-11-10-18(4,5)9-8-12(11)23-13(15)6-7-14(19)20;1-8(12)6-7-11-13-9(2,3)10(4,5)14-11/h7-8H,9-11H2,1-6H3;6-7H,8-10H2,1-5H3,(H,19,20);6-7H,1-5H3/b8-7+;2*7-6+. The average molecular weight is 867 g/mol. The van der Waals surface area contributed by atoms with Crippen LogP contribution in [0.1, 0.15) is 175 Å². The zero-order valence-electron chi connectivity index (χ0n) is 38.7. The molecule has 13 heteroatoms. The molecule has 0 aromatic carbocycles. The first-order valence-electron chi connectivity index (χ1n) is 20.6. The first-order chi connectivity index (χ1) is 27.2. The molecule has 0 spiro atoms. The summed E-state index contributed by atoms with van der Waals surface area (Å²) in [5.41, 5.74) is 1.90. The quantitative estimate of drug-likeness (QED) is 0.155. The van der Waals surface area contributed by atoms with Gasteiger partial charge in [0.2, 0.25) is 0 Å². The smallest absolute Gasteiger partial charge is 0.478 e. The van der Waals surface area contributed by atoms with Crippen LogP contribution < -0.4 is 0 Å². The maximum atomic E-state index is 12.7. The number of carbonyl (C=O) groups is 5. The van der Waals surface area contributed by atoms with Crippen LogP contribution in [0.2, 0.25) is 0 Å². The van der Waals surface area contributed by atoms with Crippen molar-refractivity contribution in [3.63, 3.8) is 0 Å². The number of allylic oxidation sites excluding steroid dienone is 2. The van der Waals surface area contributed by atoms with E-state index in [0.29, 0.717) is 16.0 Å². The minimum atomic E-state index is -1.02. The fourth-order valence-electron chi connectivity index (χ4n) is 6.74. The van der Waals surface area contributed by atoms with Crippen molar-refractivity contribution < 1.29 is 47.9 Å². The van der Waals surface area contributed by atoms with Crippen LogP contribution in [0.25, 0.3) is 12.2 Å². The van der Waals surface area contributed by atoms with Crippen molar-refractivity contribution >= 4 is 71.4 Å². The first-order valence-corrected chi connectivity index (χ1v) is 22.2. The van der Waals surface area contributed by atoms with E-state index in [9.17, 15) is 24.0 Å². The summed E-state index contributed by atoms with van der Waals surface area (Å²) in [5.74, 6) is -0.0363. The Hall–Kier alpha value is -3.65. The van der Waals surface area contributed by atoms with Gasteiger partial charge in [-0.25, -0.2) is 14.4 Å². The van der Waals surface area contributed by atoms with E-state index in [-0.39, 0.29) is 45.5 Å². The molecule has 1 aliphatic heterocycles. The van der Waals surface area contributed by atoms with Gasteiger partial charge in [0.15, 0.2) is 11.6 Å². The Morgan fingerprint density at radius 2 is 1.00 bits per heavy atom. The summed E-state index contributed by atoms with van der Waals surface area (Å²) < 4.78 is 22.5. The normalized spacial score (nSPS) is 18.8. The van der Waals surface area contributed by atoms with Gasteiger partial charge in [-0.3, -0.25) is 9.59 Å². The number of rotatable bonds is 8. The average Bonchev–Trinajstić information content (AvgIpc) is 3.66. The highest BCUT2D eigenvalue weighted by Gasteiger charge is 2.50. The van der Waals surface area contributed by atoms with Crippen molar-refractivity contribution in [3.8, 4) is 0 Å². The van der Waals surface area contributed by atoms with Crippen molar-refractivity contribution in [3.05, 3.63) is 66.0 Å². The number of ether oxygens (including phenoxy) is 2. The van der Waals surface area contributed by atoms with Crippen molar-refractivity contribution in [2.45, 2.75) is 172 Å². The third-order valence-electron chi connectivity index (χ3n) is 10.4. The minimum absolute atomic E-state index is 0.000266. The molecule has 0 bridgehead atoms. The minimum Gasteiger partial charge on any atom is -0.478 e. The summed E-state index contributed by atoms with van der Waals surface area (Å²) in [5, 5.41) is 8.88. The highest BCUT2D eigenvalue weighted by atomic mass is 32.1. The van der Waals surface area contributed by atoms with E-state index in [1.807, 2.05) is 69.2 Å². The number of hydrogen-bond donors (Lipinski definition) is 1. The number of aryl methyl sites for hydroxylation is 2. The molecule has 0 amide bonds. The number of thiophene rings is 2. The van der Waals surface area contributed by atoms with Crippen LogP contribution in [-0.4, -0.2) is 64.1 Å². The molecule has 1 saturated heterocycles. The molecule has 3 aliphatic rings. The van der Waals surface area contributed by atoms with Crippen molar-refractivity contribution in [2.24, 2.45) is 10.8 Å².